The first-order chi connectivity index (χ1) is 12.7. The molecule has 2 nitrogen and oxygen atoms in total. The second-order valence-corrected chi connectivity index (χ2v) is 8.69. The minimum atomic E-state index is 0.641. The van der Waals surface area contributed by atoms with Crippen LogP contribution in [0.2, 0.25) is 0 Å². The van der Waals surface area contributed by atoms with Crippen molar-refractivity contribution in [2.75, 3.05) is 32.1 Å². The van der Waals surface area contributed by atoms with Crippen LogP contribution in [0, 0.1) is 0 Å². The Hall–Kier alpha value is -1.97. The van der Waals surface area contributed by atoms with Gasteiger partial charge in [0.25, 0.3) is 0 Å². The topological polar surface area (TPSA) is 6.48 Å². The number of hydrogen-bond donors (Lipinski definition) is 0. The molecule has 1 saturated heterocycles. The summed E-state index contributed by atoms with van der Waals surface area (Å²) in [6, 6.07) is 22.9. The van der Waals surface area contributed by atoms with E-state index in [2.05, 4.69) is 84.6 Å². The summed E-state index contributed by atoms with van der Waals surface area (Å²) in [5.41, 5.74) is 2.99. The van der Waals surface area contributed by atoms with Gasteiger partial charge in [-0.15, -0.1) is 0 Å². The van der Waals surface area contributed by atoms with E-state index < -0.39 is 0 Å². The van der Waals surface area contributed by atoms with Crippen molar-refractivity contribution in [1.29, 1.82) is 0 Å². The molecule has 26 heavy (non-hydrogen) atoms. The summed E-state index contributed by atoms with van der Waals surface area (Å²) < 4.78 is 0. The van der Waals surface area contributed by atoms with Gasteiger partial charge in [0.15, 0.2) is 0 Å². The number of likely N-dealkylation sites (N-methyl/N-ethyl adjacent to an activating group) is 2. The normalized spacial score (nSPS) is 22.5. The Morgan fingerprint density at radius 2 is 1.65 bits per heavy atom. The van der Waals surface area contributed by atoms with E-state index in [1.165, 1.54) is 51.3 Å². The second kappa shape index (κ2) is 6.33. The highest BCUT2D eigenvalue weighted by molar-refractivity contribution is 7.99. The highest BCUT2D eigenvalue weighted by Gasteiger charge is 2.40. The highest BCUT2D eigenvalue weighted by Crippen LogP contribution is 2.49. The fraction of sp³-hybridized carbons (Fsp3) is 0.304. The molecule has 132 valence electrons. The van der Waals surface area contributed by atoms with Crippen molar-refractivity contribution in [3.05, 3.63) is 66.2 Å². The number of anilines is 1. The number of likely N-dealkylation sites (tertiary alicyclic amines) is 1. The third kappa shape index (κ3) is 2.53. The Morgan fingerprint density at radius 1 is 0.885 bits per heavy atom. The molecular weight excluding hydrogens is 336 g/mol. The fourth-order valence-corrected chi connectivity index (χ4v) is 5.92. The number of piperidine rings is 1. The molecule has 0 spiro atoms. The number of rotatable bonds is 2. The van der Waals surface area contributed by atoms with Gasteiger partial charge in [0.2, 0.25) is 0 Å². The van der Waals surface area contributed by atoms with Crippen LogP contribution in [0.15, 0.2) is 70.5 Å². The van der Waals surface area contributed by atoms with Crippen LogP contribution < -0.4 is 4.90 Å². The van der Waals surface area contributed by atoms with E-state index in [-0.39, 0.29) is 0 Å². The van der Waals surface area contributed by atoms with E-state index in [1.54, 1.807) is 0 Å². The quantitative estimate of drug-likeness (QED) is 0.618. The van der Waals surface area contributed by atoms with E-state index in [0.717, 1.165) is 0 Å². The molecule has 0 bridgehead atoms. The molecule has 0 radical (unpaired) electrons. The lowest BCUT2D eigenvalue weighted by Crippen LogP contribution is -2.43. The van der Waals surface area contributed by atoms with E-state index in [1.807, 2.05) is 11.8 Å². The summed E-state index contributed by atoms with van der Waals surface area (Å²) in [5.74, 6) is 0.641. The maximum atomic E-state index is 2.56. The van der Waals surface area contributed by atoms with Crippen LogP contribution in [0.1, 0.15) is 17.9 Å². The highest BCUT2D eigenvalue weighted by atomic mass is 32.2. The molecule has 2 aliphatic heterocycles. The average molecular weight is 361 g/mol. The van der Waals surface area contributed by atoms with Crippen LogP contribution in [0.25, 0.3) is 10.8 Å². The van der Waals surface area contributed by atoms with Gasteiger partial charge >= 0.3 is 0 Å². The third-order valence-electron chi connectivity index (χ3n) is 6.03. The predicted molar refractivity (Wildman–Crippen MR) is 112 cm³/mol. The summed E-state index contributed by atoms with van der Waals surface area (Å²) in [6.45, 7) is 2.37. The van der Waals surface area contributed by atoms with E-state index in [9.17, 15) is 0 Å². The first-order valence-corrected chi connectivity index (χ1v) is 10.2. The molecule has 2 aliphatic rings. The molecule has 0 saturated carbocycles. The lowest BCUT2D eigenvalue weighted by molar-refractivity contribution is 0.234. The van der Waals surface area contributed by atoms with Crippen molar-refractivity contribution in [1.82, 2.24) is 4.90 Å². The summed E-state index contributed by atoms with van der Waals surface area (Å²) in [5, 5.41) is 2.66. The number of para-hydroxylation sites is 1. The summed E-state index contributed by atoms with van der Waals surface area (Å²) in [7, 11) is 4.55. The van der Waals surface area contributed by atoms with Crippen molar-refractivity contribution in [3.8, 4) is 0 Å². The van der Waals surface area contributed by atoms with Crippen LogP contribution in [0.4, 0.5) is 5.69 Å². The van der Waals surface area contributed by atoms with Crippen LogP contribution in [0.3, 0.4) is 0 Å². The fourth-order valence-electron chi connectivity index (χ4n) is 4.74. The van der Waals surface area contributed by atoms with Crippen molar-refractivity contribution < 1.29 is 0 Å². The van der Waals surface area contributed by atoms with E-state index >= 15 is 0 Å². The Kier molecular flexibility index (Phi) is 3.95. The SMILES string of the molecule is CN1CCC2C(C1)c1cccc(Sc3cccc4ccccc34)c1N2C. The monoisotopic (exact) mass is 360 g/mol. The van der Waals surface area contributed by atoms with Gasteiger partial charge < -0.3 is 9.80 Å². The molecule has 2 atom stereocenters. The molecular formula is C23H24N2S. The van der Waals surface area contributed by atoms with Gasteiger partial charge in [-0.05, 0) is 48.5 Å². The minimum Gasteiger partial charge on any atom is -0.370 e. The van der Waals surface area contributed by atoms with Gasteiger partial charge in [0, 0.05) is 35.3 Å². The maximum Gasteiger partial charge on any atom is 0.0544 e. The van der Waals surface area contributed by atoms with Gasteiger partial charge in [-0.1, -0.05) is 60.3 Å². The zero-order chi connectivity index (χ0) is 17.7. The second-order valence-electron chi connectivity index (χ2n) is 7.61. The van der Waals surface area contributed by atoms with Crippen molar-refractivity contribution >= 4 is 28.2 Å². The van der Waals surface area contributed by atoms with Crippen molar-refractivity contribution in [3.63, 3.8) is 0 Å². The van der Waals surface area contributed by atoms with Crippen LogP contribution >= 0.6 is 11.8 Å². The summed E-state index contributed by atoms with van der Waals surface area (Å²) in [6.07, 6.45) is 1.25. The standard InChI is InChI=1S/C23H24N2S/c1-24-14-13-20-19(15-24)18-10-6-12-22(23(18)25(20)2)26-21-11-5-8-16-7-3-4-9-17(16)21/h3-12,19-20H,13-15H2,1-2H3. The van der Waals surface area contributed by atoms with Crippen LogP contribution in [0.5, 0.6) is 0 Å². The largest absolute Gasteiger partial charge is 0.370 e. The predicted octanol–water partition coefficient (Wildman–Crippen LogP) is 5.23. The smallest absolute Gasteiger partial charge is 0.0544 e. The molecule has 2 unspecified atom stereocenters. The number of benzene rings is 3. The van der Waals surface area contributed by atoms with Gasteiger partial charge in [0.05, 0.1) is 5.69 Å². The van der Waals surface area contributed by atoms with Crippen molar-refractivity contribution in [2.45, 2.75) is 28.2 Å². The molecule has 2 heterocycles. The molecule has 0 N–H and O–H groups in total. The Labute approximate surface area is 159 Å². The van der Waals surface area contributed by atoms with Crippen molar-refractivity contribution in [2.24, 2.45) is 0 Å². The minimum absolute atomic E-state index is 0.641. The molecule has 0 aromatic heterocycles. The summed E-state index contributed by atoms with van der Waals surface area (Å²) in [4.78, 5) is 7.77. The van der Waals surface area contributed by atoms with Crippen LogP contribution in [-0.2, 0) is 0 Å². The lowest BCUT2D eigenvalue weighted by Gasteiger charge is -2.35. The number of hydrogen-bond acceptors (Lipinski definition) is 3. The van der Waals surface area contributed by atoms with Gasteiger partial charge in [-0.25, -0.2) is 0 Å². The molecule has 3 heteroatoms. The van der Waals surface area contributed by atoms with Gasteiger partial charge in [-0.2, -0.15) is 0 Å². The third-order valence-corrected chi connectivity index (χ3v) is 7.15. The Morgan fingerprint density at radius 3 is 2.58 bits per heavy atom. The molecule has 3 aromatic rings. The lowest BCUT2D eigenvalue weighted by atomic mass is 9.89. The number of nitrogens with zero attached hydrogens (tertiary/aromatic N) is 2. The molecule has 3 aromatic carbocycles. The maximum absolute atomic E-state index is 2.56. The van der Waals surface area contributed by atoms with E-state index in [4.69, 9.17) is 0 Å². The first kappa shape index (κ1) is 16.2. The summed E-state index contributed by atoms with van der Waals surface area (Å²) >= 11 is 1.92. The van der Waals surface area contributed by atoms with Gasteiger partial charge in [0.1, 0.15) is 0 Å². The average Bonchev–Trinajstić information content (AvgIpc) is 2.95. The van der Waals surface area contributed by atoms with E-state index in [0.29, 0.717) is 12.0 Å². The molecule has 0 amide bonds. The van der Waals surface area contributed by atoms with Gasteiger partial charge in [-0.3, -0.25) is 0 Å². The zero-order valence-electron chi connectivity index (χ0n) is 15.4. The Bertz CT molecular complexity index is 962. The number of fused-ring (bicyclic) bond motifs is 4. The molecule has 5 rings (SSSR count). The molecule has 0 aliphatic carbocycles. The Balaban J connectivity index is 1.58. The zero-order valence-corrected chi connectivity index (χ0v) is 16.2. The van der Waals surface area contributed by atoms with Crippen LogP contribution in [-0.4, -0.2) is 38.1 Å². The first-order valence-electron chi connectivity index (χ1n) is 9.42. The molecule has 1 fully saturated rings.